The fourth-order valence-corrected chi connectivity index (χ4v) is 7.06. The van der Waals surface area contributed by atoms with E-state index in [0.29, 0.717) is 13.0 Å². The summed E-state index contributed by atoms with van der Waals surface area (Å²) >= 11 is 0. The number of hydrogen-bond donors (Lipinski definition) is 2. The topological polar surface area (TPSA) is 138 Å². The maximum absolute atomic E-state index is 13.9. The minimum absolute atomic E-state index is 0.0426. The number of amides is 1. The predicted molar refractivity (Wildman–Crippen MR) is 156 cm³/mol. The summed E-state index contributed by atoms with van der Waals surface area (Å²) in [5.41, 5.74) is 1.23. The second-order valence-corrected chi connectivity index (χ2v) is 13.8. The number of nitriles is 1. The number of benzene rings is 2. The van der Waals surface area contributed by atoms with E-state index in [2.05, 4.69) is 11.4 Å². The van der Waals surface area contributed by atoms with Gasteiger partial charge in [0, 0.05) is 19.5 Å². The van der Waals surface area contributed by atoms with Gasteiger partial charge in [0.1, 0.15) is 6.10 Å². The average Bonchev–Trinajstić information content (AvgIpc) is 3.57. The number of nitrogens with one attached hydrogen (secondary N) is 1. The highest BCUT2D eigenvalue weighted by Crippen LogP contribution is 2.33. The molecule has 5 unspecified atom stereocenters. The number of rotatable bonds is 13. The number of aliphatic hydroxyl groups is 1. The molecule has 5 atom stereocenters. The van der Waals surface area contributed by atoms with Crippen LogP contribution in [-0.2, 0) is 30.7 Å². The summed E-state index contributed by atoms with van der Waals surface area (Å²) in [4.78, 5) is 13.2. The highest BCUT2D eigenvalue weighted by molar-refractivity contribution is 7.89. The molecule has 2 saturated heterocycles. The van der Waals surface area contributed by atoms with Crippen LogP contribution in [0.5, 0.6) is 0 Å². The van der Waals surface area contributed by atoms with Gasteiger partial charge >= 0.3 is 6.09 Å². The molecule has 2 N–H and O–H groups in total. The van der Waals surface area contributed by atoms with Crippen molar-refractivity contribution in [1.29, 1.82) is 5.26 Å². The summed E-state index contributed by atoms with van der Waals surface area (Å²) in [6.07, 6.45) is -1.09. The van der Waals surface area contributed by atoms with Crippen molar-refractivity contribution in [3.63, 3.8) is 0 Å². The van der Waals surface area contributed by atoms with Crippen LogP contribution >= 0.6 is 0 Å². The van der Waals surface area contributed by atoms with Gasteiger partial charge < -0.3 is 24.6 Å². The third-order valence-electron chi connectivity index (χ3n) is 7.88. The van der Waals surface area contributed by atoms with Gasteiger partial charge in [0.05, 0.1) is 42.2 Å². The van der Waals surface area contributed by atoms with E-state index < -0.39 is 39.8 Å². The summed E-state index contributed by atoms with van der Waals surface area (Å²) in [5, 5.41) is 23.5. The Morgan fingerprint density at radius 2 is 1.90 bits per heavy atom. The van der Waals surface area contributed by atoms with Gasteiger partial charge in [-0.1, -0.05) is 61.9 Å². The molecule has 2 aromatic rings. The lowest BCUT2D eigenvalue weighted by atomic mass is 9.88. The quantitative estimate of drug-likeness (QED) is 0.355. The number of fused-ring (bicyclic) bond motifs is 1. The minimum atomic E-state index is -4.02. The normalized spacial score (nSPS) is 21.9. The van der Waals surface area contributed by atoms with Crippen LogP contribution in [0.1, 0.15) is 44.2 Å². The maximum atomic E-state index is 13.9. The van der Waals surface area contributed by atoms with Gasteiger partial charge in [-0.3, -0.25) is 0 Å². The summed E-state index contributed by atoms with van der Waals surface area (Å²) in [6.45, 7) is 6.25. The standard InChI is InChI=1S/C31H41N3O7S/c1-22-10-12-24(13-11-22)42(37,38)34(21-31(2,3)15-7-16-32)19-27(35)26(18-23-8-5-4-6-9-23)33-30(36)41-28-20-40-29-25(28)14-17-39-29/h4-6,8-13,25-29,35H,7,14-15,17-21H2,1-3H3,(H,33,36). The largest absolute Gasteiger partial charge is 0.443 e. The number of ether oxygens (including phenoxy) is 3. The third-order valence-corrected chi connectivity index (χ3v) is 9.70. The zero-order chi connectivity index (χ0) is 30.3. The van der Waals surface area contributed by atoms with Crippen LogP contribution in [-0.4, -0.2) is 74.8 Å². The molecule has 2 aliphatic rings. The van der Waals surface area contributed by atoms with Crippen molar-refractivity contribution in [2.75, 3.05) is 26.3 Å². The summed E-state index contributed by atoms with van der Waals surface area (Å²) in [5.74, 6) is -0.0426. The van der Waals surface area contributed by atoms with Crippen LogP contribution in [0, 0.1) is 29.6 Å². The smallest absolute Gasteiger partial charge is 0.407 e. The van der Waals surface area contributed by atoms with Crippen LogP contribution in [0.15, 0.2) is 59.5 Å². The molecule has 4 rings (SSSR count). The van der Waals surface area contributed by atoms with Crippen molar-refractivity contribution in [3.8, 4) is 6.07 Å². The lowest BCUT2D eigenvalue weighted by molar-refractivity contribution is -0.0907. The molecule has 0 radical (unpaired) electrons. The van der Waals surface area contributed by atoms with Crippen LogP contribution in [0.2, 0.25) is 0 Å². The Bertz CT molecular complexity index is 1330. The SMILES string of the molecule is Cc1ccc(S(=O)(=O)N(CC(O)C(Cc2ccccc2)NC(=O)OC2COC3OCCC23)CC(C)(C)CCC#N)cc1. The van der Waals surface area contributed by atoms with Crippen LogP contribution in [0.25, 0.3) is 0 Å². The summed E-state index contributed by atoms with van der Waals surface area (Å²) in [6, 6.07) is 17.2. The van der Waals surface area contributed by atoms with Crippen molar-refractivity contribution in [2.24, 2.45) is 11.3 Å². The molecule has 10 nitrogen and oxygen atoms in total. The van der Waals surface area contributed by atoms with Gasteiger partial charge in [-0.05, 0) is 49.3 Å². The number of aryl methyl sites for hydroxylation is 1. The van der Waals surface area contributed by atoms with E-state index in [4.69, 9.17) is 19.5 Å². The predicted octanol–water partition coefficient (Wildman–Crippen LogP) is 3.78. The van der Waals surface area contributed by atoms with E-state index >= 15 is 0 Å². The lowest BCUT2D eigenvalue weighted by Gasteiger charge is -2.35. The number of carbonyl (C=O) groups is 1. The molecule has 0 saturated carbocycles. The minimum Gasteiger partial charge on any atom is -0.443 e. The molecular formula is C31H41N3O7S. The number of hydrogen-bond acceptors (Lipinski definition) is 8. The molecule has 0 aromatic heterocycles. The zero-order valence-electron chi connectivity index (χ0n) is 24.4. The summed E-state index contributed by atoms with van der Waals surface area (Å²) < 4.78 is 45.8. The van der Waals surface area contributed by atoms with Crippen LogP contribution in [0.4, 0.5) is 4.79 Å². The Hall–Kier alpha value is -3.01. The molecule has 0 bridgehead atoms. The van der Waals surface area contributed by atoms with Crippen molar-refractivity contribution in [2.45, 2.75) is 75.9 Å². The van der Waals surface area contributed by atoms with Gasteiger partial charge in [-0.15, -0.1) is 0 Å². The Kier molecular flexibility index (Phi) is 10.6. The number of sulfonamides is 1. The van der Waals surface area contributed by atoms with E-state index in [1.807, 2.05) is 51.1 Å². The molecule has 2 aliphatic heterocycles. The van der Waals surface area contributed by atoms with Gasteiger partial charge in [0.2, 0.25) is 10.0 Å². The van der Waals surface area contributed by atoms with Crippen molar-refractivity contribution in [1.82, 2.24) is 9.62 Å². The molecular weight excluding hydrogens is 558 g/mol. The molecule has 0 spiro atoms. The highest BCUT2D eigenvalue weighted by atomic mass is 32.2. The number of nitrogens with zero attached hydrogens (tertiary/aromatic N) is 2. The van der Waals surface area contributed by atoms with E-state index in [-0.39, 0.29) is 49.6 Å². The molecule has 2 heterocycles. The van der Waals surface area contributed by atoms with Crippen LogP contribution in [0.3, 0.4) is 0 Å². The molecule has 1 amide bonds. The Labute approximate surface area is 248 Å². The molecule has 11 heteroatoms. The highest BCUT2D eigenvalue weighted by Gasteiger charge is 2.44. The molecule has 2 fully saturated rings. The first kappa shape index (κ1) is 31.9. The summed E-state index contributed by atoms with van der Waals surface area (Å²) in [7, 11) is -4.02. The van der Waals surface area contributed by atoms with Crippen molar-refractivity contribution in [3.05, 3.63) is 65.7 Å². The van der Waals surface area contributed by atoms with Gasteiger partial charge in [0.25, 0.3) is 0 Å². The van der Waals surface area contributed by atoms with Gasteiger partial charge in [0.15, 0.2) is 6.29 Å². The average molecular weight is 600 g/mol. The van der Waals surface area contributed by atoms with E-state index in [0.717, 1.165) is 17.5 Å². The lowest BCUT2D eigenvalue weighted by Crippen LogP contribution is -2.52. The number of carbonyl (C=O) groups excluding carboxylic acids is 1. The zero-order valence-corrected chi connectivity index (χ0v) is 25.3. The van der Waals surface area contributed by atoms with Gasteiger partial charge in [-0.25, -0.2) is 13.2 Å². The Balaban J connectivity index is 1.56. The van der Waals surface area contributed by atoms with Crippen LogP contribution < -0.4 is 5.32 Å². The van der Waals surface area contributed by atoms with E-state index in [9.17, 15) is 18.3 Å². The maximum Gasteiger partial charge on any atom is 0.407 e. The first-order valence-corrected chi connectivity index (χ1v) is 15.8. The number of alkyl carbamates (subject to hydrolysis) is 1. The first-order valence-electron chi connectivity index (χ1n) is 14.3. The fraction of sp³-hybridized carbons (Fsp3) is 0.548. The molecule has 228 valence electrons. The molecule has 0 aliphatic carbocycles. The van der Waals surface area contributed by atoms with Crippen molar-refractivity contribution < 1.29 is 32.5 Å². The Morgan fingerprint density at radius 3 is 2.60 bits per heavy atom. The fourth-order valence-electron chi connectivity index (χ4n) is 5.42. The van der Waals surface area contributed by atoms with E-state index in [1.54, 1.807) is 24.3 Å². The van der Waals surface area contributed by atoms with Gasteiger partial charge in [-0.2, -0.15) is 9.57 Å². The van der Waals surface area contributed by atoms with Crippen molar-refractivity contribution >= 4 is 16.1 Å². The second-order valence-electron chi connectivity index (χ2n) is 11.9. The number of aliphatic hydroxyl groups excluding tert-OH is 1. The second kappa shape index (κ2) is 14.0. The third kappa shape index (κ3) is 8.30. The Morgan fingerprint density at radius 1 is 1.19 bits per heavy atom. The molecule has 42 heavy (non-hydrogen) atoms. The first-order chi connectivity index (χ1) is 20.0. The molecule has 2 aromatic carbocycles. The monoisotopic (exact) mass is 599 g/mol. The van der Waals surface area contributed by atoms with E-state index in [1.165, 1.54) is 4.31 Å².